The van der Waals surface area contributed by atoms with Crippen LogP contribution in [0.2, 0.25) is 0 Å². The molecular formula is C26H23F4N5O2. The molecule has 1 saturated heterocycles. The third kappa shape index (κ3) is 4.41. The van der Waals surface area contributed by atoms with Gasteiger partial charge in [-0.1, -0.05) is 0 Å². The van der Waals surface area contributed by atoms with Gasteiger partial charge in [-0.05, 0) is 49.9 Å². The minimum Gasteiger partial charge on any atom is -0.373 e. The third-order valence-electron chi connectivity index (χ3n) is 7.13. The lowest BCUT2D eigenvalue weighted by molar-refractivity contribution is -0.137. The highest BCUT2D eigenvalue weighted by Crippen LogP contribution is 2.41. The molecule has 7 nitrogen and oxygen atoms in total. The molecule has 0 bridgehead atoms. The molecule has 0 radical (unpaired) electrons. The second kappa shape index (κ2) is 8.76. The minimum absolute atomic E-state index is 0.0912. The molecule has 0 spiro atoms. The number of alkyl halides is 3. The predicted molar refractivity (Wildman–Crippen MR) is 126 cm³/mol. The first-order valence-electron chi connectivity index (χ1n) is 12.1. The van der Waals surface area contributed by atoms with Crippen molar-refractivity contribution in [1.82, 2.24) is 24.5 Å². The van der Waals surface area contributed by atoms with Gasteiger partial charge in [-0.2, -0.15) is 23.4 Å². The lowest BCUT2D eigenvalue weighted by Gasteiger charge is -2.29. The van der Waals surface area contributed by atoms with Crippen molar-refractivity contribution in [3.63, 3.8) is 0 Å². The Kier molecular flexibility index (Phi) is 5.63. The number of nitrogens with zero attached hydrogens (tertiary/aromatic N) is 5. The van der Waals surface area contributed by atoms with Crippen LogP contribution in [0.1, 0.15) is 60.6 Å². The standard InChI is InChI=1S/C26H23F4N5O2/c1-34-25(36)19-10-22(14-6-7-37-23(8-14)15-11-32-35(13-15)17-3-4-17)33-24(20(19)12-31-34)18-5-2-16(9-21(18)27)26(28,29)30/h2,5,9-14,17,23H,3-4,6-8H2,1H3. The van der Waals surface area contributed by atoms with E-state index >= 15 is 4.39 Å². The first-order chi connectivity index (χ1) is 17.7. The molecule has 37 heavy (non-hydrogen) atoms. The Morgan fingerprint density at radius 1 is 1.05 bits per heavy atom. The van der Waals surface area contributed by atoms with Gasteiger partial charge in [0.25, 0.3) is 5.56 Å². The average molecular weight is 513 g/mol. The Bertz CT molecular complexity index is 1560. The number of fused-ring (bicyclic) bond motifs is 1. The van der Waals surface area contributed by atoms with Gasteiger partial charge >= 0.3 is 6.18 Å². The van der Waals surface area contributed by atoms with Gasteiger partial charge < -0.3 is 4.74 Å². The molecule has 1 saturated carbocycles. The third-order valence-corrected chi connectivity index (χ3v) is 7.13. The predicted octanol–water partition coefficient (Wildman–Crippen LogP) is 5.32. The number of halogens is 4. The highest BCUT2D eigenvalue weighted by atomic mass is 19.4. The fourth-order valence-corrected chi connectivity index (χ4v) is 4.91. The number of hydrogen-bond acceptors (Lipinski definition) is 5. The fraction of sp³-hybridized carbons (Fsp3) is 0.385. The van der Waals surface area contributed by atoms with Gasteiger partial charge in [0.1, 0.15) is 5.82 Å². The Morgan fingerprint density at radius 3 is 2.59 bits per heavy atom. The number of ether oxygens (including phenoxy) is 1. The lowest BCUT2D eigenvalue weighted by Crippen LogP contribution is -2.22. The van der Waals surface area contributed by atoms with E-state index in [9.17, 15) is 18.0 Å². The van der Waals surface area contributed by atoms with E-state index in [-0.39, 0.29) is 34.1 Å². The van der Waals surface area contributed by atoms with Gasteiger partial charge in [-0.25, -0.2) is 9.07 Å². The zero-order valence-corrected chi connectivity index (χ0v) is 19.9. The summed E-state index contributed by atoms with van der Waals surface area (Å²) in [7, 11) is 1.50. The maximum atomic E-state index is 15.0. The highest BCUT2D eigenvalue weighted by Gasteiger charge is 2.33. The molecule has 11 heteroatoms. The van der Waals surface area contributed by atoms with E-state index in [4.69, 9.17) is 9.72 Å². The van der Waals surface area contributed by atoms with Gasteiger partial charge in [0.05, 0.1) is 41.2 Å². The molecule has 0 amide bonds. The molecule has 6 rings (SSSR count). The smallest absolute Gasteiger partial charge is 0.373 e. The van der Waals surface area contributed by atoms with Crippen molar-refractivity contribution in [3.8, 4) is 11.3 Å². The van der Waals surface area contributed by atoms with E-state index in [0.29, 0.717) is 37.3 Å². The zero-order valence-electron chi connectivity index (χ0n) is 19.9. The van der Waals surface area contributed by atoms with Crippen LogP contribution in [0.4, 0.5) is 17.6 Å². The first kappa shape index (κ1) is 23.8. The fourth-order valence-electron chi connectivity index (χ4n) is 4.91. The van der Waals surface area contributed by atoms with Crippen LogP contribution in [0.3, 0.4) is 0 Å². The summed E-state index contributed by atoms with van der Waals surface area (Å²) >= 11 is 0. The van der Waals surface area contributed by atoms with Crippen molar-refractivity contribution in [3.05, 3.63) is 75.8 Å². The van der Waals surface area contributed by atoms with Crippen molar-refractivity contribution in [2.45, 2.75) is 49.9 Å². The highest BCUT2D eigenvalue weighted by molar-refractivity contribution is 5.94. The number of benzene rings is 1. The maximum absolute atomic E-state index is 15.0. The SMILES string of the molecule is Cn1ncc2c(-c3ccc(C(F)(F)F)cc3F)nc(C3CCOC(c4cnn(C5CC5)c4)C3)cc2c1=O. The van der Waals surface area contributed by atoms with Crippen LogP contribution in [-0.4, -0.2) is 31.2 Å². The summed E-state index contributed by atoms with van der Waals surface area (Å²) < 4.78 is 63.6. The normalized spacial score (nSPS) is 20.5. The van der Waals surface area contributed by atoms with Crippen molar-refractivity contribution in [2.24, 2.45) is 7.05 Å². The molecule has 2 unspecified atom stereocenters. The molecule has 4 heterocycles. The van der Waals surface area contributed by atoms with Crippen molar-refractivity contribution < 1.29 is 22.3 Å². The summed E-state index contributed by atoms with van der Waals surface area (Å²) in [5.74, 6) is -1.18. The second-order valence-electron chi connectivity index (χ2n) is 9.69. The molecule has 3 aromatic heterocycles. The molecular weight excluding hydrogens is 490 g/mol. The summed E-state index contributed by atoms with van der Waals surface area (Å²) in [5, 5.41) is 9.03. The van der Waals surface area contributed by atoms with Crippen molar-refractivity contribution in [2.75, 3.05) is 6.61 Å². The van der Waals surface area contributed by atoms with Crippen LogP contribution in [-0.2, 0) is 18.0 Å². The van der Waals surface area contributed by atoms with Gasteiger partial charge in [0.15, 0.2) is 0 Å². The van der Waals surface area contributed by atoms with Gasteiger partial charge in [0, 0.05) is 48.0 Å². The lowest BCUT2D eigenvalue weighted by atomic mass is 9.89. The molecule has 1 aliphatic heterocycles. The molecule has 192 valence electrons. The summed E-state index contributed by atoms with van der Waals surface area (Å²) in [6.45, 7) is 0.460. The summed E-state index contributed by atoms with van der Waals surface area (Å²) in [6.07, 6.45) is 3.74. The summed E-state index contributed by atoms with van der Waals surface area (Å²) in [4.78, 5) is 17.7. The largest absolute Gasteiger partial charge is 0.416 e. The number of aromatic nitrogens is 5. The average Bonchev–Trinajstić information content (AvgIpc) is 3.61. The monoisotopic (exact) mass is 513 g/mol. The van der Waals surface area contributed by atoms with Crippen LogP contribution in [0.25, 0.3) is 22.0 Å². The Morgan fingerprint density at radius 2 is 1.86 bits per heavy atom. The van der Waals surface area contributed by atoms with E-state index in [0.717, 1.165) is 35.2 Å². The molecule has 1 aliphatic carbocycles. The van der Waals surface area contributed by atoms with E-state index in [2.05, 4.69) is 10.2 Å². The van der Waals surface area contributed by atoms with Crippen LogP contribution < -0.4 is 5.56 Å². The molecule has 2 fully saturated rings. The van der Waals surface area contributed by atoms with Gasteiger partial charge in [0.2, 0.25) is 0 Å². The number of hydrogen-bond donors (Lipinski definition) is 0. The topological polar surface area (TPSA) is 74.8 Å². The number of aryl methyl sites for hydroxylation is 1. The van der Waals surface area contributed by atoms with E-state index in [1.54, 1.807) is 6.07 Å². The van der Waals surface area contributed by atoms with Gasteiger partial charge in [-0.15, -0.1) is 0 Å². The first-order valence-corrected chi connectivity index (χ1v) is 12.1. The Balaban J connectivity index is 1.43. The Hall–Kier alpha value is -3.60. The van der Waals surface area contributed by atoms with Crippen LogP contribution >= 0.6 is 0 Å². The van der Waals surface area contributed by atoms with E-state index in [1.807, 2.05) is 17.1 Å². The molecule has 0 N–H and O–H groups in total. The summed E-state index contributed by atoms with van der Waals surface area (Å²) in [6, 6.07) is 4.45. The van der Waals surface area contributed by atoms with Crippen LogP contribution in [0, 0.1) is 5.82 Å². The summed E-state index contributed by atoms with van der Waals surface area (Å²) in [5.41, 5.74) is 0.00328. The molecule has 2 atom stereocenters. The number of pyridine rings is 1. The van der Waals surface area contributed by atoms with E-state index in [1.165, 1.54) is 13.2 Å². The minimum atomic E-state index is -4.68. The van der Waals surface area contributed by atoms with E-state index < -0.39 is 23.1 Å². The molecule has 4 aromatic rings. The van der Waals surface area contributed by atoms with Crippen LogP contribution in [0.15, 0.2) is 47.7 Å². The molecule has 2 aliphatic rings. The van der Waals surface area contributed by atoms with Gasteiger partial charge in [-0.3, -0.25) is 14.5 Å². The van der Waals surface area contributed by atoms with Crippen molar-refractivity contribution >= 4 is 10.8 Å². The van der Waals surface area contributed by atoms with Crippen molar-refractivity contribution in [1.29, 1.82) is 0 Å². The maximum Gasteiger partial charge on any atom is 0.416 e. The molecule has 1 aromatic carbocycles. The second-order valence-corrected chi connectivity index (χ2v) is 9.69. The quantitative estimate of drug-likeness (QED) is 0.346. The number of rotatable bonds is 4. The zero-order chi connectivity index (χ0) is 25.9. The Labute approximate surface area is 208 Å². The van der Waals surface area contributed by atoms with Crippen LogP contribution in [0.5, 0.6) is 0 Å².